The van der Waals surface area contributed by atoms with Crippen LogP contribution in [-0.4, -0.2) is 15.7 Å². The van der Waals surface area contributed by atoms with E-state index in [4.69, 9.17) is 0 Å². The molecule has 0 aliphatic heterocycles. The molecule has 0 saturated carbocycles. The largest absolute Gasteiger partial charge is 0.324 e. The fraction of sp³-hybridized carbons (Fsp3) is 0.375. The van der Waals surface area contributed by atoms with Crippen LogP contribution in [0.5, 0.6) is 0 Å². The van der Waals surface area contributed by atoms with Crippen molar-refractivity contribution >= 4 is 11.6 Å². The summed E-state index contributed by atoms with van der Waals surface area (Å²) in [6.45, 7) is 2.42. The zero-order valence-electron chi connectivity index (χ0n) is 12.0. The topological polar surface area (TPSA) is 46.9 Å². The Hall–Kier alpha value is -2.17. The van der Waals surface area contributed by atoms with Crippen molar-refractivity contribution in [2.45, 2.75) is 32.7 Å². The van der Waals surface area contributed by atoms with Crippen LogP contribution in [0.3, 0.4) is 0 Å². The fourth-order valence-corrected chi connectivity index (χ4v) is 2.71. The first kappa shape index (κ1) is 13.8. The zero-order chi connectivity index (χ0) is 14.8. The molecule has 3 rings (SSSR count). The first-order chi connectivity index (χ1) is 10.1. The molecule has 0 saturated heterocycles. The molecular formula is C16H18FN3O. The average Bonchev–Trinajstić information content (AvgIpc) is 2.82. The Morgan fingerprint density at radius 1 is 1.43 bits per heavy atom. The predicted octanol–water partition coefficient (Wildman–Crippen LogP) is 2.79. The van der Waals surface area contributed by atoms with Gasteiger partial charge in [-0.15, -0.1) is 0 Å². The molecule has 1 aromatic carbocycles. The van der Waals surface area contributed by atoms with Crippen LogP contribution in [0, 0.1) is 11.7 Å². The minimum atomic E-state index is -0.318. The highest BCUT2D eigenvalue weighted by molar-refractivity contribution is 5.90. The van der Waals surface area contributed by atoms with Gasteiger partial charge in [-0.2, -0.15) is 5.10 Å². The van der Waals surface area contributed by atoms with E-state index in [1.165, 1.54) is 17.7 Å². The number of nitrogens with one attached hydrogen (secondary N) is 1. The van der Waals surface area contributed by atoms with Crippen molar-refractivity contribution in [2.24, 2.45) is 5.92 Å². The van der Waals surface area contributed by atoms with Gasteiger partial charge in [0.05, 0.1) is 5.69 Å². The third kappa shape index (κ3) is 3.29. The number of carbonyl (C=O) groups excluding carboxylic acids is 1. The van der Waals surface area contributed by atoms with Gasteiger partial charge >= 0.3 is 0 Å². The van der Waals surface area contributed by atoms with Crippen LogP contribution < -0.4 is 5.32 Å². The van der Waals surface area contributed by atoms with Gasteiger partial charge in [0, 0.05) is 11.9 Å². The average molecular weight is 287 g/mol. The van der Waals surface area contributed by atoms with E-state index in [1.807, 2.05) is 6.20 Å². The molecule has 1 N–H and O–H groups in total. The number of halogens is 1. The number of hydrogen-bond donors (Lipinski definition) is 1. The normalized spacial score (nSPS) is 17.3. The van der Waals surface area contributed by atoms with Gasteiger partial charge in [0.15, 0.2) is 0 Å². The van der Waals surface area contributed by atoms with Gasteiger partial charge in [0.2, 0.25) is 5.91 Å². The molecule has 4 nitrogen and oxygen atoms in total. The van der Waals surface area contributed by atoms with E-state index >= 15 is 0 Å². The van der Waals surface area contributed by atoms with Crippen molar-refractivity contribution in [1.82, 2.24) is 9.78 Å². The van der Waals surface area contributed by atoms with E-state index in [-0.39, 0.29) is 18.3 Å². The second-order valence-corrected chi connectivity index (χ2v) is 5.70. The molecule has 2 aromatic rings. The molecule has 0 bridgehead atoms. The quantitative estimate of drug-likeness (QED) is 0.943. The molecule has 1 unspecified atom stereocenters. The van der Waals surface area contributed by atoms with Crippen molar-refractivity contribution in [3.63, 3.8) is 0 Å². The van der Waals surface area contributed by atoms with E-state index in [1.54, 1.807) is 16.8 Å². The zero-order valence-corrected chi connectivity index (χ0v) is 12.0. The highest BCUT2D eigenvalue weighted by Gasteiger charge is 2.19. The van der Waals surface area contributed by atoms with Crippen molar-refractivity contribution in [3.05, 3.63) is 47.5 Å². The van der Waals surface area contributed by atoms with Gasteiger partial charge < -0.3 is 5.32 Å². The molecule has 0 spiro atoms. The highest BCUT2D eigenvalue weighted by Crippen LogP contribution is 2.23. The number of rotatable bonds is 3. The number of amides is 1. The van der Waals surface area contributed by atoms with Crippen molar-refractivity contribution in [3.8, 4) is 0 Å². The SMILES string of the molecule is CC1CCc2nn(CC(=O)Nc3ccc(F)cc3)cc2C1. The maximum atomic E-state index is 12.8. The molecule has 0 radical (unpaired) electrons. The lowest BCUT2D eigenvalue weighted by Gasteiger charge is -2.15. The van der Waals surface area contributed by atoms with E-state index in [0.29, 0.717) is 11.6 Å². The van der Waals surface area contributed by atoms with Gasteiger partial charge in [0.25, 0.3) is 0 Å². The van der Waals surface area contributed by atoms with E-state index in [2.05, 4.69) is 17.3 Å². The molecule has 1 amide bonds. The number of nitrogens with zero attached hydrogens (tertiary/aromatic N) is 2. The molecule has 1 aromatic heterocycles. The second-order valence-electron chi connectivity index (χ2n) is 5.70. The summed E-state index contributed by atoms with van der Waals surface area (Å²) < 4.78 is 14.5. The van der Waals surface area contributed by atoms with Gasteiger partial charge in [-0.05, 0) is 55.0 Å². The number of benzene rings is 1. The summed E-state index contributed by atoms with van der Waals surface area (Å²) in [6.07, 6.45) is 5.15. The Bertz CT molecular complexity index is 648. The van der Waals surface area contributed by atoms with Gasteiger partial charge in [0.1, 0.15) is 12.4 Å². The first-order valence-corrected chi connectivity index (χ1v) is 7.21. The number of hydrogen-bond acceptors (Lipinski definition) is 2. The number of carbonyl (C=O) groups is 1. The van der Waals surface area contributed by atoms with Crippen LogP contribution in [0.2, 0.25) is 0 Å². The second kappa shape index (κ2) is 5.68. The van der Waals surface area contributed by atoms with Crippen LogP contribution in [0.25, 0.3) is 0 Å². The fourth-order valence-electron chi connectivity index (χ4n) is 2.71. The Balaban J connectivity index is 1.64. The molecule has 21 heavy (non-hydrogen) atoms. The maximum absolute atomic E-state index is 12.8. The van der Waals surface area contributed by atoms with Crippen LogP contribution in [0.4, 0.5) is 10.1 Å². The molecule has 1 atom stereocenters. The van der Waals surface area contributed by atoms with Gasteiger partial charge in [-0.1, -0.05) is 6.92 Å². The van der Waals surface area contributed by atoms with Crippen molar-refractivity contribution in [1.29, 1.82) is 0 Å². The van der Waals surface area contributed by atoms with Crippen LogP contribution in [0.1, 0.15) is 24.6 Å². The van der Waals surface area contributed by atoms with Crippen LogP contribution in [-0.2, 0) is 24.2 Å². The monoisotopic (exact) mass is 287 g/mol. The van der Waals surface area contributed by atoms with Gasteiger partial charge in [-0.3, -0.25) is 9.48 Å². The lowest BCUT2D eigenvalue weighted by atomic mass is 9.89. The number of aromatic nitrogens is 2. The summed E-state index contributed by atoms with van der Waals surface area (Å²) in [5.41, 5.74) is 2.96. The Morgan fingerprint density at radius 3 is 2.95 bits per heavy atom. The van der Waals surface area contributed by atoms with Crippen molar-refractivity contribution < 1.29 is 9.18 Å². The molecule has 1 aliphatic carbocycles. The highest BCUT2D eigenvalue weighted by atomic mass is 19.1. The minimum Gasteiger partial charge on any atom is -0.324 e. The molecule has 0 fully saturated rings. The van der Waals surface area contributed by atoms with E-state index in [9.17, 15) is 9.18 Å². The maximum Gasteiger partial charge on any atom is 0.246 e. The summed E-state index contributed by atoms with van der Waals surface area (Å²) >= 11 is 0. The standard InChI is InChI=1S/C16H18FN3O/c1-11-2-7-15-12(8-11)9-20(19-15)10-16(21)18-14-5-3-13(17)4-6-14/h3-6,9,11H,2,7-8,10H2,1H3,(H,18,21). The molecule has 110 valence electrons. The van der Waals surface area contributed by atoms with Gasteiger partial charge in [-0.25, -0.2) is 4.39 Å². The third-order valence-corrected chi connectivity index (χ3v) is 3.80. The summed E-state index contributed by atoms with van der Waals surface area (Å²) in [4.78, 5) is 12.0. The summed E-state index contributed by atoms with van der Waals surface area (Å²) in [5.74, 6) is 0.208. The molecule has 1 heterocycles. The smallest absolute Gasteiger partial charge is 0.246 e. The first-order valence-electron chi connectivity index (χ1n) is 7.21. The lowest BCUT2D eigenvalue weighted by molar-refractivity contribution is -0.116. The summed E-state index contributed by atoms with van der Waals surface area (Å²) in [5, 5.41) is 7.22. The Morgan fingerprint density at radius 2 is 2.19 bits per heavy atom. The summed E-state index contributed by atoms with van der Waals surface area (Å²) in [7, 11) is 0. The summed E-state index contributed by atoms with van der Waals surface area (Å²) in [6, 6.07) is 5.74. The van der Waals surface area contributed by atoms with E-state index < -0.39 is 0 Å². The Kier molecular flexibility index (Phi) is 3.73. The van der Waals surface area contributed by atoms with Crippen LogP contribution >= 0.6 is 0 Å². The number of anilines is 1. The molecule has 1 aliphatic rings. The van der Waals surface area contributed by atoms with Crippen molar-refractivity contribution in [2.75, 3.05) is 5.32 Å². The van der Waals surface area contributed by atoms with Crippen LogP contribution in [0.15, 0.2) is 30.5 Å². The minimum absolute atomic E-state index is 0.158. The molecule has 5 heteroatoms. The van der Waals surface area contributed by atoms with E-state index in [0.717, 1.165) is 25.0 Å². The Labute approximate surface area is 123 Å². The predicted molar refractivity (Wildman–Crippen MR) is 78.4 cm³/mol. The molecular weight excluding hydrogens is 269 g/mol. The lowest BCUT2D eigenvalue weighted by Crippen LogP contribution is -2.19. The number of aryl methyl sites for hydroxylation is 1. The number of fused-ring (bicyclic) bond motifs is 1. The third-order valence-electron chi connectivity index (χ3n) is 3.80.